The van der Waals surface area contributed by atoms with E-state index < -0.39 is 0 Å². The number of nitrogens with one attached hydrogen (secondary N) is 2. The SMILES string of the molecule is Cc1ccc(N2CC(CNC(=O)Nc3ccccc3)OCC2=O)cc1C. The van der Waals surface area contributed by atoms with Gasteiger partial charge in [-0.25, -0.2) is 4.79 Å². The summed E-state index contributed by atoms with van der Waals surface area (Å²) < 4.78 is 5.56. The van der Waals surface area contributed by atoms with Gasteiger partial charge in [-0.1, -0.05) is 24.3 Å². The van der Waals surface area contributed by atoms with Crippen molar-refractivity contribution in [1.29, 1.82) is 0 Å². The zero-order valence-electron chi connectivity index (χ0n) is 15.0. The summed E-state index contributed by atoms with van der Waals surface area (Å²) in [5.41, 5.74) is 3.91. The molecule has 0 radical (unpaired) electrons. The van der Waals surface area contributed by atoms with Gasteiger partial charge in [0.1, 0.15) is 6.61 Å². The molecule has 136 valence electrons. The van der Waals surface area contributed by atoms with E-state index in [9.17, 15) is 9.59 Å². The van der Waals surface area contributed by atoms with Crippen LogP contribution >= 0.6 is 0 Å². The number of ether oxygens (including phenoxy) is 1. The number of hydrogen-bond donors (Lipinski definition) is 2. The molecule has 0 saturated carbocycles. The summed E-state index contributed by atoms with van der Waals surface area (Å²) in [5, 5.41) is 5.56. The predicted octanol–water partition coefficient (Wildman–Crippen LogP) is 2.86. The Hall–Kier alpha value is -2.86. The van der Waals surface area contributed by atoms with E-state index in [4.69, 9.17) is 4.74 Å². The third-order valence-electron chi connectivity index (χ3n) is 4.45. The number of para-hydroxylation sites is 1. The average Bonchev–Trinajstić information content (AvgIpc) is 2.64. The molecule has 1 saturated heterocycles. The van der Waals surface area contributed by atoms with E-state index in [1.807, 2.05) is 62.4 Å². The summed E-state index contributed by atoms with van der Waals surface area (Å²) in [6, 6.07) is 14.9. The quantitative estimate of drug-likeness (QED) is 0.888. The molecule has 1 aliphatic heterocycles. The van der Waals surface area contributed by atoms with Crippen molar-refractivity contribution in [2.45, 2.75) is 20.0 Å². The van der Waals surface area contributed by atoms with Crippen molar-refractivity contribution in [3.63, 3.8) is 0 Å². The Morgan fingerprint density at radius 1 is 1.15 bits per heavy atom. The van der Waals surface area contributed by atoms with E-state index in [1.165, 1.54) is 5.56 Å². The molecule has 3 rings (SSSR count). The van der Waals surface area contributed by atoms with Gasteiger partial charge in [0.05, 0.1) is 12.6 Å². The number of amides is 3. The van der Waals surface area contributed by atoms with Crippen molar-refractivity contribution in [3.8, 4) is 0 Å². The van der Waals surface area contributed by atoms with Crippen molar-refractivity contribution >= 4 is 23.3 Å². The first-order valence-electron chi connectivity index (χ1n) is 8.62. The fourth-order valence-corrected chi connectivity index (χ4v) is 2.79. The second kappa shape index (κ2) is 8.01. The maximum Gasteiger partial charge on any atom is 0.319 e. The molecule has 2 aromatic rings. The molecule has 0 bridgehead atoms. The van der Waals surface area contributed by atoms with E-state index in [0.29, 0.717) is 13.1 Å². The van der Waals surface area contributed by atoms with Crippen molar-refractivity contribution in [1.82, 2.24) is 5.32 Å². The number of aryl methyl sites for hydroxylation is 2. The predicted molar refractivity (Wildman–Crippen MR) is 101 cm³/mol. The number of carbonyl (C=O) groups is 2. The first-order valence-corrected chi connectivity index (χ1v) is 8.62. The second-order valence-corrected chi connectivity index (χ2v) is 6.41. The Morgan fingerprint density at radius 2 is 1.92 bits per heavy atom. The standard InChI is InChI=1S/C20H23N3O3/c1-14-8-9-17(10-15(14)2)23-12-18(26-13-19(23)24)11-21-20(25)22-16-6-4-3-5-7-16/h3-10,18H,11-13H2,1-2H3,(H2,21,22,25). The van der Waals surface area contributed by atoms with Crippen molar-refractivity contribution < 1.29 is 14.3 Å². The third kappa shape index (κ3) is 4.40. The molecular weight excluding hydrogens is 330 g/mol. The first kappa shape index (κ1) is 17.9. The minimum atomic E-state index is -0.297. The van der Waals surface area contributed by atoms with E-state index in [2.05, 4.69) is 10.6 Å². The van der Waals surface area contributed by atoms with Crippen LogP contribution in [0.3, 0.4) is 0 Å². The molecule has 6 nitrogen and oxygen atoms in total. The zero-order chi connectivity index (χ0) is 18.5. The second-order valence-electron chi connectivity index (χ2n) is 6.41. The monoisotopic (exact) mass is 353 g/mol. The molecule has 1 aliphatic rings. The van der Waals surface area contributed by atoms with E-state index in [-0.39, 0.29) is 24.6 Å². The molecule has 6 heteroatoms. The lowest BCUT2D eigenvalue weighted by Gasteiger charge is -2.33. The molecule has 1 fully saturated rings. The van der Waals surface area contributed by atoms with Gasteiger partial charge < -0.3 is 20.3 Å². The van der Waals surface area contributed by atoms with Gasteiger partial charge >= 0.3 is 6.03 Å². The number of hydrogen-bond acceptors (Lipinski definition) is 3. The van der Waals surface area contributed by atoms with E-state index in [1.54, 1.807) is 4.90 Å². The number of benzene rings is 2. The molecule has 0 aliphatic carbocycles. The summed E-state index contributed by atoms with van der Waals surface area (Å²) in [6.07, 6.45) is -0.254. The molecule has 0 spiro atoms. The smallest absolute Gasteiger partial charge is 0.319 e. The van der Waals surface area contributed by atoms with Crippen LogP contribution in [-0.2, 0) is 9.53 Å². The van der Waals surface area contributed by atoms with Crippen LogP contribution < -0.4 is 15.5 Å². The normalized spacial score (nSPS) is 17.1. The van der Waals surface area contributed by atoms with Crippen LogP contribution in [0, 0.1) is 13.8 Å². The number of rotatable bonds is 4. The molecule has 3 amide bonds. The van der Waals surface area contributed by atoms with Gasteiger partial charge in [-0.05, 0) is 49.2 Å². The summed E-state index contributed by atoms with van der Waals surface area (Å²) in [7, 11) is 0. The van der Waals surface area contributed by atoms with Crippen molar-refractivity contribution in [2.75, 3.05) is 29.9 Å². The highest BCUT2D eigenvalue weighted by atomic mass is 16.5. The van der Waals surface area contributed by atoms with Crippen LogP contribution in [-0.4, -0.2) is 37.7 Å². The first-order chi connectivity index (χ1) is 12.5. The highest BCUT2D eigenvalue weighted by molar-refractivity contribution is 5.95. The number of urea groups is 1. The van der Waals surface area contributed by atoms with Crippen LogP contribution in [0.2, 0.25) is 0 Å². The Morgan fingerprint density at radius 3 is 2.65 bits per heavy atom. The maximum atomic E-state index is 12.2. The molecule has 1 atom stereocenters. The van der Waals surface area contributed by atoms with Crippen molar-refractivity contribution in [3.05, 3.63) is 59.7 Å². The van der Waals surface area contributed by atoms with Crippen LogP contribution in [0.25, 0.3) is 0 Å². The fraction of sp³-hybridized carbons (Fsp3) is 0.300. The summed E-state index contributed by atoms with van der Waals surface area (Å²) in [6.45, 7) is 4.81. The minimum Gasteiger partial charge on any atom is -0.365 e. The summed E-state index contributed by atoms with van der Waals surface area (Å²) in [5.74, 6) is -0.0711. The lowest BCUT2D eigenvalue weighted by Crippen LogP contribution is -2.51. The van der Waals surface area contributed by atoms with Gasteiger partial charge in [0, 0.05) is 17.9 Å². The number of anilines is 2. The van der Waals surface area contributed by atoms with Crippen LogP contribution in [0.4, 0.5) is 16.2 Å². The molecule has 26 heavy (non-hydrogen) atoms. The van der Waals surface area contributed by atoms with Gasteiger partial charge in [-0.3, -0.25) is 4.79 Å². The summed E-state index contributed by atoms with van der Waals surface area (Å²) in [4.78, 5) is 25.9. The van der Waals surface area contributed by atoms with E-state index >= 15 is 0 Å². The lowest BCUT2D eigenvalue weighted by atomic mass is 10.1. The molecule has 1 heterocycles. The third-order valence-corrected chi connectivity index (χ3v) is 4.45. The number of carbonyl (C=O) groups excluding carboxylic acids is 2. The van der Waals surface area contributed by atoms with Gasteiger partial charge in [-0.15, -0.1) is 0 Å². The number of morpholine rings is 1. The van der Waals surface area contributed by atoms with Crippen LogP contribution in [0.1, 0.15) is 11.1 Å². The highest BCUT2D eigenvalue weighted by Crippen LogP contribution is 2.21. The molecule has 1 unspecified atom stereocenters. The largest absolute Gasteiger partial charge is 0.365 e. The van der Waals surface area contributed by atoms with Gasteiger partial charge in [0.2, 0.25) is 0 Å². The Bertz CT molecular complexity index is 792. The topological polar surface area (TPSA) is 70.7 Å². The van der Waals surface area contributed by atoms with Crippen molar-refractivity contribution in [2.24, 2.45) is 0 Å². The lowest BCUT2D eigenvalue weighted by molar-refractivity contribution is -0.129. The Balaban J connectivity index is 1.57. The average molecular weight is 353 g/mol. The van der Waals surface area contributed by atoms with Crippen LogP contribution in [0.5, 0.6) is 0 Å². The van der Waals surface area contributed by atoms with Gasteiger partial charge in [-0.2, -0.15) is 0 Å². The Labute approximate surface area is 153 Å². The van der Waals surface area contributed by atoms with Gasteiger partial charge in [0.15, 0.2) is 0 Å². The van der Waals surface area contributed by atoms with Gasteiger partial charge in [0.25, 0.3) is 5.91 Å². The summed E-state index contributed by atoms with van der Waals surface area (Å²) >= 11 is 0. The molecule has 0 aromatic heterocycles. The minimum absolute atomic E-state index is 0.0135. The molecule has 2 aromatic carbocycles. The maximum absolute atomic E-state index is 12.2. The molecular formula is C20H23N3O3. The van der Waals surface area contributed by atoms with Crippen LogP contribution in [0.15, 0.2) is 48.5 Å². The zero-order valence-corrected chi connectivity index (χ0v) is 15.0. The fourth-order valence-electron chi connectivity index (χ4n) is 2.79. The number of nitrogens with zero attached hydrogens (tertiary/aromatic N) is 1. The van der Waals surface area contributed by atoms with E-state index in [0.717, 1.165) is 16.9 Å². The highest BCUT2D eigenvalue weighted by Gasteiger charge is 2.27. The Kier molecular flexibility index (Phi) is 5.53. The molecule has 2 N–H and O–H groups in total.